The number of hydrogen-bond acceptors (Lipinski definition) is 4. The van der Waals surface area contributed by atoms with Crippen molar-refractivity contribution < 1.29 is 4.79 Å². The number of hydrogen-bond donors (Lipinski definition) is 2. The first-order valence-corrected chi connectivity index (χ1v) is 4.94. The van der Waals surface area contributed by atoms with Crippen LogP contribution in [0.2, 0.25) is 0 Å². The Bertz CT molecular complexity index is 330. The molecule has 1 heterocycles. The molecule has 1 aromatic rings. The molecule has 4 nitrogen and oxygen atoms in total. The van der Waals surface area contributed by atoms with E-state index >= 15 is 0 Å². The molecule has 1 amide bonds. The summed E-state index contributed by atoms with van der Waals surface area (Å²) in [6.45, 7) is 3.62. The van der Waals surface area contributed by atoms with Crippen molar-refractivity contribution in [2.75, 3.05) is 5.32 Å². The normalized spacial score (nSPS) is 9.92. The molecule has 0 unspecified atom stereocenters. The van der Waals surface area contributed by atoms with Crippen molar-refractivity contribution in [1.82, 2.24) is 10.2 Å². The van der Waals surface area contributed by atoms with Crippen molar-refractivity contribution in [3.05, 3.63) is 17.3 Å². The number of H-pyrrole nitrogens is 1. The van der Waals surface area contributed by atoms with Gasteiger partial charge < -0.3 is 5.32 Å². The second-order valence-corrected chi connectivity index (χ2v) is 3.92. The lowest BCUT2D eigenvalue weighted by Crippen LogP contribution is -2.11. The minimum Gasteiger partial charge on any atom is -0.300 e. The number of anilines is 1. The predicted molar refractivity (Wildman–Crippen MR) is 54.8 cm³/mol. The van der Waals surface area contributed by atoms with E-state index in [0.29, 0.717) is 21.9 Å². The van der Waals surface area contributed by atoms with Crippen molar-refractivity contribution in [2.24, 2.45) is 0 Å². The van der Waals surface area contributed by atoms with Gasteiger partial charge in [0.15, 0.2) is 3.95 Å². The van der Waals surface area contributed by atoms with Gasteiger partial charge in [-0.05, 0) is 18.6 Å². The van der Waals surface area contributed by atoms with Gasteiger partial charge in [0, 0.05) is 6.42 Å². The first-order chi connectivity index (χ1) is 6.22. The molecule has 0 aliphatic heterocycles. The van der Waals surface area contributed by atoms with Crippen LogP contribution in [0.25, 0.3) is 0 Å². The molecular weight excluding hydrogens is 206 g/mol. The molecule has 2 radical (unpaired) electrons. The Balaban J connectivity index is 2.41. The lowest BCUT2D eigenvalue weighted by atomic mass is 10.2. The maximum Gasteiger partial charge on any atom is 0.230 e. The van der Waals surface area contributed by atoms with Gasteiger partial charge in [-0.15, -0.1) is 5.10 Å². The van der Waals surface area contributed by atoms with Crippen LogP contribution in [-0.2, 0) is 4.79 Å². The molecule has 0 aliphatic carbocycles. The molecule has 1 aromatic heterocycles. The van der Waals surface area contributed by atoms with E-state index in [0.717, 1.165) is 0 Å². The van der Waals surface area contributed by atoms with E-state index in [1.807, 2.05) is 0 Å². The minimum atomic E-state index is -0.165. The van der Waals surface area contributed by atoms with Crippen LogP contribution >= 0.6 is 23.6 Å². The maximum absolute atomic E-state index is 11.1. The van der Waals surface area contributed by atoms with Gasteiger partial charge in [-0.3, -0.25) is 9.89 Å². The average molecular weight is 215 g/mol. The lowest BCUT2D eigenvalue weighted by molar-refractivity contribution is -0.113. The second kappa shape index (κ2) is 5.08. The maximum atomic E-state index is 11.1. The minimum absolute atomic E-state index is 0.165. The van der Waals surface area contributed by atoms with Crippen LogP contribution < -0.4 is 5.32 Å². The zero-order valence-electron chi connectivity index (χ0n) is 6.87. The van der Waals surface area contributed by atoms with Crippen molar-refractivity contribution in [2.45, 2.75) is 12.8 Å². The van der Waals surface area contributed by atoms with Crippen molar-refractivity contribution >= 4 is 34.6 Å². The zero-order valence-corrected chi connectivity index (χ0v) is 8.50. The Kier molecular flexibility index (Phi) is 4.04. The molecule has 70 valence electrons. The number of aromatic nitrogens is 2. The Labute approximate surface area is 85.4 Å². The van der Waals surface area contributed by atoms with E-state index in [2.05, 4.69) is 22.4 Å². The predicted octanol–water partition coefficient (Wildman–Crippen LogP) is 1.96. The summed E-state index contributed by atoms with van der Waals surface area (Å²) in [4.78, 5) is 11.1. The summed E-state index contributed by atoms with van der Waals surface area (Å²) in [5.41, 5.74) is 0. The molecule has 0 aromatic carbocycles. The molecule has 13 heavy (non-hydrogen) atoms. The molecule has 6 heteroatoms. The molecule has 0 bridgehead atoms. The number of carbonyl (C=O) groups is 1. The molecule has 0 spiro atoms. The fourth-order valence-electron chi connectivity index (χ4n) is 0.673. The second-order valence-electron chi connectivity index (χ2n) is 2.25. The largest absolute Gasteiger partial charge is 0.300 e. The number of amides is 1. The SMILES string of the molecule is [CH2]CC[CH]C(=O)Nc1n[nH]c(=S)s1. The zero-order chi connectivity index (χ0) is 9.68. The Morgan fingerprint density at radius 2 is 2.62 bits per heavy atom. The number of nitrogens with one attached hydrogen (secondary N) is 2. The molecule has 0 saturated heterocycles. The monoisotopic (exact) mass is 215 g/mol. The Morgan fingerprint density at radius 1 is 1.85 bits per heavy atom. The molecule has 0 saturated carbocycles. The molecule has 0 atom stereocenters. The Morgan fingerprint density at radius 3 is 3.15 bits per heavy atom. The number of carbonyl (C=O) groups excluding carboxylic acids is 1. The lowest BCUT2D eigenvalue weighted by Gasteiger charge is -1.97. The van der Waals surface area contributed by atoms with Crippen molar-refractivity contribution in [1.29, 1.82) is 0 Å². The molecule has 1 rings (SSSR count). The average Bonchev–Trinajstić information content (AvgIpc) is 2.48. The summed E-state index contributed by atoms with van der Waals surface area (Å²) in [5.74, 6) is -0.165. The van der Waals surface area contributed by atoms with Crippen LogP contribution in [-0.4, -0.2) is 16.1 Å². The highest BCUT2D eigenvalue weighted by Crippen LogP contribution is 2.10. The fourth-order valence-corrected chi connectivity index (χ4v) is 1.47. The number of unbranched alkanes of at least 4 members (excludes halogenated alkanes) is 1. The third-order valence-electron chi connectivity index (χ3n) is 1.20. The summed E-state index contributed by atoms with van der Waals surface area (Å²) >= 11 is 6.03. The summed E-state index contributed by atoms with van der Waals surface area (Å²) in [6.07, 6.45) is 2.92. The van der Waals surface area contributed by atoms with Crippen LogP contribution in [0.15, 0.2) is 0 Å². The van der Waals surface area contributed by atoms with Gasteiger partial charge >= 0.3 is 0 Å². The quantitative estimate of drug-likeness (QED) is 0.755. The summed E-state index contributed by atoms with van der Waals surface area (Å²) in [7, 11) is 0. The van der Waals surface area contributed by atoms with Gasteiger partial charge in [0.1, 0.15) is 0 Å². The van der Waals surface area contributed by atoms with Crippen LogP contribution in [0, 0.1) is 17.3 Å². The van der Waals surface area contributed by atoms with Crippen LogP contribution in [0.4, 0.5) is 5.13 Å². The van der Waals surface area contributed by atoms with Gasteiger partial charge in [-0.25, -0.2) is 0 Å². The van der Waals surface area contributed by atoms with Gasteiger partial charge in [0.05, 0.1) is 0 Å². The third-order valence-corrected chi connectivity index (χ3v) is 2.21. The number of aromatic amines is 1. The highest BCUT2D eigenvalue weighted by molar-refractivity contribution is 7.73. The third kappa shape index (κ3) is 3.65. The fraction of sp³-hybridized carbons (Fsp3) is 0.286. The van der Waals surface area contributed by atoms with E-state index in [4.69, 9.17) is 12.2 Å². The van der Waals surface area contributed by atoms with Gasteiger partial charge in [-0.1, -0.05) is 24.7 Å². The first-order valence-electron chi connectivity index (χ1n) is 3.71. The van der Waals surface area contributed by atoms with Gasteiger partial charge in [0.2, 0.25) is 11.0 Å². The van der Waals surface area contributed by atoms with E-state index in [1.54, 1.807) is 0 Å². The van der Waals surface area contributed by atoms with Crippen molar-refractivity contribution in [3.63, 3.8) is 0 Å². The van der Waals surface area contributed by atoms with E-state index in [-0.39, 0.29) is 5.91 Å². The van der Waals surface area contributed by atoms with Gasteiger partial charge in [0.25, 0.3) is 0 Å². The summed E-state index contributed by atoms with van der Waals surface area (Å²) < 4.78 is 0.549. The number of nitrogens with zero attached hydrogens (tertiary/aromatic N) is 1. The van der Waals surface area contributed by atoms with Crippen molar-refractivity contribution in [3.8, 4) is 0 Å². The van der Waals surface area contributed by atoms with Gasteiger partial charge in [-0.2, -0.15) is 0 Å². The summed E-state index contributed by atoms with van der Waals surface area (Å²) in [6, 6.07) is 0. The standard InChI is InChI=1S/C7H9N3OS2/c1-2-3-4-5(11)8-6-9-10-7(12)13-6/h4H,1-3H2,(H,10,12)(H,8,9,11). The van der Waals surface area contributed by atoms with E-state index in [9.17, 15) is 4.79 Å². The first kappa shape index (κ1) is 10.3. The smallest absolute Gasteiger partial charge is 0.230 e. The molecule has 0 aliphatic rings. The van der Waals surface area contributed by atoms with E-state index in [1.165, 1.54) is 17.8 Å². The number of rotatable bonds is 4. The van der Waals surface area contributed by atoms with Crippen LogP contribution in [0.5, 0.6) is 0 Å². The topological polar surface area (TPSA) is 57.8 Å². The molecule has 2 N–H and O–H groups in total. The van der Waals surface area contributed by atoms with Crippen LogP contribution in [0.3, 0.4) is 0 Å². The molecule has 0 fully saturated rings. The highest BCUT2D eigenvalue weighted by Gasteiger charge is 2.03. The Hall–Kier alpha value is -0.750. The van der Waals surface area contributed by atoms with E-state index < -0.39 is 0 Å². The van der Waals surface area contributed by atoms with Crippen LogP contribution in [0.1, 0.15) is 12.8 Å². The molecular formula is C7H9N3OS2. The highest BCUT2D eigenvalue weighted by atomic mass is 32.1. The summed E-state index contributed by atoms with van der Waals surface area (Å²) in [5, 5.41) is 9.44.